The highest BCUT2D eigenvalue weighted by Gasteiger charge is 2.14. The van der Waals surface area contributed by atoms with Crippen LogP contribution in [0.1, 0.15) is 26.3 Å². The lowest BCUT2D eigenvalue weighted by Crippen LogP contribution is -2.32. The fraction of sp³-hybridized carbons (Fsp3) is 0.231. The Labute approximate surface area is 119 Å². The standard InChI is InChI=1S/C13H13NO3S2/c1-9(17-13(16)11-5-3-7-19-11)8-14-12(15)10-4-2-6-18-10/h2-7,9H,8H2,1H3,(H,14,15). The van der Waals surface area contributed by atoms with Gasteiger partial charge in [0.15, 0.2) is 0 Å². The quantitative estimate of drug-likeness (QED) is 0.863. The maximum absolute atomic E-state index is 11.7. The lowest BCUT2D eigenvalue weighted by molar-refractivity contribution is 0.0343. The summed E-state index contributed by atoms with van der Waals surface area (Å²) in [6.07, 6.45) is -0.362. The fourth-order valence-electron chi connectivity index (χ4n) is 1.41. The molecule has 2 rings (SSSR count). The van der Waals surface area contributed by atoms with Crippen LogP contribution in [0.15, 0.2) is 35.0 Å². The van der Waals surface area contributed by atoms with Crippen LogP contribution in [0.25, 0.3) is 0 Å². The number of carbonyl (C=O) groups is 2. The van der Waals surface area contributed by atoms with Gasteiger partial charge >= 0.3 is 5.97 Å². The second kappa shape index (κ2) is 6.49. The van der Waals surface area contributed by atoms with E-state index in [1.165, 1.54) is 22.7 Å². The molecule has 0 aromatic carbocycles. The Balaban J connectivity index is 1.77. The summed E-state index contributed by atoms with van der Waals surface area (Å²) in [7, 11) is 0. The zero-order valence-corrected chi connectivity index (χ0v) is 11.9. The van der Waals surface area contributed by atoms with Gasteiger partial charge in [-0.2, -0.15) is 0 Å². The number of rotatable bonds is 5. The highest BCUT2D eigenvalue weighted by molar-refractivity contribution is 7.12. The Bertz CT molecular complexity index is 534. The van der Waals surface area contributed by atoms with Gasteiger partial charge in [-0.15, -0.1) is 22.7 Å². The third kappa shape index (κ3) is 3.90. The van der Waals surface area contributed by atoms with Crippen LogP contribution in [0.5, 0.6) is 0 Å². The normalized spacial score (nSPS) is 11.8. The largest absolute Gasteiger partial charge is 0.457 e. The first-order valence-corrected chi connectivity index (χ1v) is 7.49. The van der Waals surface area contributed by atoms with Crippen molar-refractivity contribution in [3.05, 3.63) is 44.8 Å². The van der Waals surface area contributed by atoms with Crippen molar-refractivity contribution in [2.24, 2.45) is 0 Å². The van der Waals surface area contributed by atoms with Crippen LogP contribution in [0.3, 0.4) is 0 Å². The number of thiophene rings is 2. The molecule has 0 saturated carbocycles. The van der Waals surface area contributed by atoms with Crippen LogP contribution in [0, 0.1) is 0 Å². The molecule has 19 heavy (non-hydrogen) atoms. The van der Waals surface area contributed by atoms with E-state index in [9.17, 15) is 9.59 Å². The minimum absolute atomic E-state index is 0.144. The second-order valence-electron chi connectivity index (χ2n) is 3.88. The Morgan fingerprint density at radius 2 is 1.84 bits per heavy atom. The van der Waals surface area contributed by atoms with E-state index in [1.807, 2.05) is 16.8 Å². The van der Waals surface area contributed by atoms with Gasteiger partial charge in [-0.25, -0.2) is 4.79 Å². The molecular formula is C13H13NO3S2. The number of amides is 1. The molecule has 1 unspecified atom stereocenters. The minimum Gasteiger partial charge on any atom is -0.457 e. The third-order valence-corrected chi connectivity index (χ3v) is 4.04. The number of esters is 1. The van der Waals surface area contributed by atoms with Crippen LogP contribution in [-0.4, -0.2) is 24.5 Å². The van der Waals surface area contributed by atoms with E-state index in [2.05, 4.69) is 5.32 Å². The molecular weight excluding hydrogens is 282 g/mol. The molecule has 0 radical (unpaired) electrons. The molecule has 100 valence electrons. The molecule has 6 heteroatoms. The first-order valence-electron chi connectivity index (χ1n) is 5.73. The van der Waals surface area contributed by atoms with Crippen molar-refractivity contribution in [3.63, 3.8) is 0 Å². The Morgan fingerprint density at radius 1 is 1.21 bits per heavy atom. The van der Waals surface area contributed by atoms with E-state index in [0.717, 1.165) is 0 Å². The van der Waals surface area contributed by atoms with Gasteiger partial charge in [0.25, 0.3) is 5.91 Å². The Morgan fingerprint density at radius 3 is 2.42 bits per heavy atom. The highest BCUT2D eigenvalue weighted by atomic mass is 32.1. The van der Waals surface area contributed by atoms with E-state index in [-0.39, 0.29) is 18.0 Å². The fourth-order valence-corrected chi connectivity index (χ4v) is 2.65. The zero-order chi connectivity index (χ0) is 13.7. The topological polar surface area (TPSA) is 55.4 Å². The summed E-state index contributed by atoms with van der Waals surface area (Å²) in [6.45, 7) is 2.05. The van der Waals surface area contributed by atoms with Gasteiger partial charge in [0.05, 0.1) is 11.4 Å². The Hall–Kier alpha value is -1.66. The summed E-state index contributed by atoms with van der Waals surface area (Å²) >= 11 is 2.71. The summed E-state index contributed by atoms with van der Waals surface area (Å²) in [5.74, 6) is -0.498. The maximum Gasteiger partial charge on any atom is 0.348 e. The van der Waals surface area contributed by atoms with Crippen molar-refractivity contribution in [1.82, 2.24) is 5.32 Å². The Kier molecular flexibility index (Phi) is 4.70. The van der Waals surface area contributed by atoms with Gasteiger partial charge in [-0.3, -0.25) is 4.79 Å². The second-order valence-corrected chi connectivity index (χ2v) is 5.78. The molecule has 1 N–H and O–H groups in total. The van der Waals surface area contributed by atoms with Crippen molar-refractivity contribution in [2.75, 3.05) is 6.54 Å². The highest BCUT2D eigenvalue weighted by Crippen LogP contribution is 2.11. The first kappa shape index (κ1) is 13.8. The van der Waals surface area contributed by atoms with Crippen LogP contribution >= 0.6 is 22.7 Å². The van der Waals surface area contributed by atoms with Crippen LogP contribution < -0.4 is 5.32 Å². The molecule has 1 atom stereocenters. The number of carbonyl (C=O) groups excluding carboxylic acids is 2. The molecule has 2 aromatic rings. The van der Waals surface area contributed by atoms with Crippen LogP contribution in [0.4, 0.5) is 0 Å². The average molecular weight is 295 g/mol. The van der Waals surface area contributed by atoms with Crippen molar-refractivity contribution < 1.29 is 14.3 Å². The molecule has 0 saturated heterocycles. The van der Waals surface area contributed by atoms with Crippen molar-refractivity contribution in [3.8, 4) is 0 Å². The van der Waals surface area contributed by atoms with Crippen LogP contribution in [-0.2, 0) is 4.74 Å². The molecule has 2 heterocycles. The number of hydrogen-bond donors (Lipinski definition) is 1. The monoisotopic (exact) mass is 295 g/mol. The predicted molar refractivity (Wildman–Crippen MR) is 75.8 cm³/mol. The maximum atomic E-state index is 11.7. The van der Waals surface area contributed by atoms with Gasteiger partial charge in [0.1, 0.15) is 11.0 Å². The summed E-state index contributed by atoms with van der Waals surface area (Å²) in [4.78, 5) is 24.6. The molecule has 0 spiro atoms. The summed E-state index contributed by atoms with van der Waals surface area (Å²) in [5.41, 5.74) is 0. The van der Waals surface area contributed by atoms with E-state index in [4.69, 9.17) is 4.74 Å². The number of nitrogens with one attached hydrogen (secondary N) is 1. The third-order valence-electron chi connectivity index (χ3n) is 2.33. The average Bonchev–Trinajstić information content (AvgIpc) is 3.07. The van der Waals surface area contributed by atoms with Crippen molar-refractivity contribution >= 4 is 34.6 Å². The molecule has 1 amide bonds. The lowest BCUT2D eigenvalue weighted by Gasteiger charge is -2.13. The molecule has 0 bridgehead atoms. The number of ether oxygens (including phenoxy) is 1. The van der Waals surface area contributed by atoms with E-state index >= 15 is 0 Å². The molecule has 2 aromatic heterocycles. The summed E-state index contributed by atoms with van der Waals surface area (Å²) in [5, 5.41) is 6.39. The molecule has 4 nitrogen and oxygen atoms in total. The van der Waals surface area contributed by atoms with Crippen LogP contribution in [0.2, 0.25) is 0 Å². The van der Waals surface area contributed by atoms with Crippen molar-refractivity contribution in [1.29, 1.82) is 0 Å². The summed E-state index contributed by atoms with van der Waals surface area (Å²) < 4.78 is 5.22. The molecule has 0 aliphatic rings. The van der Waals surface area contributed by atoms with E-state index < -0.39 is 0 Å². The zero-order valence-electron chi connectivity index (χ0n) is 10.3. The van der Waals surface area contributed by atoms with Gasteiger partial charge in [0.2, 0.25) is 0 Å². The lowest BCUT2D eigenvalue weighted by atomic mass is 10.3. The minimum atomic E-state index is -0.362. The van der Waals surface area contributed by atoms with Gasteiger partial charge < -0.3 is 10.1 Å². The molecule has 0 aliphatic heterocycles. The smallest absolute Gasteiger partial charge is 0.348 e. The number of hydrogen-bond acceptors (Lipinski definition) is 5. The van der Waals surface area contributed by atoms with E-state index in [0.29, 0.717) is 16.3 Å². The van der Waals surface area contributed by atoms with Gasteiger partial charge in [-0.05, 0) is 29.8 Å². The molecule has 0 fully saturated rings. The van der Waals surface area contributed by atoms with Gasteiger partial charge in [-0.1, -0.05) is 12.1 Å². The van der Waals surface area contributed by atoms with E-state index in [1.54, 1.807) is 25.1 Å². The van der Waals surface area contributed by atoms with Gasteiger partial charge in [0, 0.05) is 0 Å². The SMILES string of the molecule is CC(CNC(=O)c1cccs1)OC(=O)c1cccs1. The first-order chi connectivity index (χ1) is 9.16. The predicted octanol–water partition coefficient (Wildman–Crippen LogP) is 2.78. The van der Waals surface area contributed by atoms with Crippen molar-refractivity contribution in [2.45, 2.75) is 13.0 Å². The summed E-state index contributed by atoms with van der Waals surface area (Å²) in [6, 6.07) is 7.08. The molecule has 0 aliphatic carbocycles.